The molecular weight excluding hydrogens is 172 g/mol. The number of aryl methyl sites for hydroxylation is 1. The molecule has 12 heavy (non-hydrogen) atoms. The molecule has 0 fully saturated rings. The van der Waals surface area contributed by atoms with Crippen molar-refractivity contribution >= 4 is 17.7 Å². The molecule has 66 valence electrons. The molecule has 1 aromatic heterocycles. The zero-order valence-electron chi connectivity index (χ0n) is 7.18. The maximum atomic E-state index is 5.42. The number of hydrogen-bond donors (Lipinski definition) is 1. The highest BCUT2D eigenvalue weighted by Crippen LogP contribution is 2.03. The lowest BCUT2D eigenvalue weighted by molar-refractivity contribution is 0.762. The molecule has 0 radical (unpaired) electrons. The van der Waals surface area contributed by atoms with E-state index >= 15 is 0 Å². The number of nitrogens with one attached hydrogen (secondary N) is 1. The highest BCUT2D eigenvalue weighted by molar-refractivity contribution is 6.27. The fourth-order valence-electron chi connectivity index (χ4n) is 1.00. The molecule has 0 unspecified atom stereocenters. The molecule has 0 aliphatic rings. The Morgan fingerprint density at radius 2 is 2.50 bits per heavy atom. The smallest absolute Gasteiger partial charge is 0.106 e. The highest BCUT2D eigenvalue weighted by atomic mass is 35.5. The van der Waals surface area contributed by atoms with Crippen molar-refractivity contribution in [3.8, 4) is 0 Å². The minimum absolute atomic E-state index is 0.969. The molecule has 0 aliphatic carbocycles. The molecule has 0 saturated heterocycles. The number of hydrogen-bond acceptors (Lipinski definition) is 1. The fraction of sp³-hybridized carbons (Fsp3) is 0.444. The molecule has 1 heterocycles. The van der Waals surface area contributed by atoms with E-state index in [0.717, 1.165) is 17.9 Å². The molecular formula is C9H13ClN2. The molecule has 2 nitrogen and oxygen atoms in total. The molecule has 0 spiro atoms. The Morgan fingerprint density at radius 1 is 1.67 bits per heavy atom. The Labute approximate surface area is 77.7 Å². The van der Waals surface area contributed by atoms with Crippen LogP contribution in [0.2, 0.25) is 0 Å². The maximum absolute atomic E-state index is 5.42. The van der Waals surface area contributed by atoms with Gasteiger partial charge in [-0.05, 0) is 12.5 Å². The van der Waals surface area contributed by atoms with E-state index in [9.17, 15) is 0 Å². The summed E-state index contributed by atoms with van der Waals surface area (Å²) >= 11 is 5.42. The van der Waals surface area contributed by atoms with Gasteiger partial charge in [-0.2, -0.15) is 0 Å². The number of aromatic nitrogens is 2. The van der Waals surface area contributed by atoms with Crippen molar-refractivity contribution in [3.05, 3.63) is 23.3 Å². The van der Waals surface area contributed by atoms with Gasteiger partial charge in [0.25, 0.3) is 0 Å². The van der Waals surface area contributed by atoms with Gasteiger partial charge in [-0.25, -0.2) is 4.98 Å². The summed E-state index contributed by atoms with van der Waals surface area (Å²) in [5.74, 6) is 1.04. The summed E-state index contributed by atoms with van der Waals surface area (Å²) in [6, 6.07) is 0. The van der Waals surface area contributed by atoms with Crippen LogP contribution in [0.25, 0.3) is 6.08 Å². The van der Waals surface area contributed by atoms with Crippen LogP contribution in [0.4, 0.5) is 0 Å². The van der Waals surface area contributed by atoms with Gasteiger partial charge >= 0.3 is 0 Å². The van der Waals surface area contributed by atoms with Crippen LogP contribution in [0.5, 0.6) is 0 Å². The van der Waals surface area contributed by atoms with E-state index in [1.165, 1.54) is 18.4 Å². The van der Waals surface area contributed by atoms with Gasteiger partial charge in [0.05, 0.1) is 11.9 Å². The van der Waals surface area contributed by atoms with Crippen LogP contribution in [0, 0.1) is 0 Å². The van der Waals surface area contributed by atoms with Gasteiger partial charge in [0, 0.05) is 12.0 Å². The molecule has 0 bridgehead atoms. The van der Waals surface area contributed by atoms with Gasteiger partial charge in [-0.3, -0.25) is 0 Å². The Balaban J connectivity index is 2.52. The van der Waals surface area contributed by atoms with Gasteiger partial charge in [-0.1, -0.05) is 24.9 Å². The third kappa shape index (κ3) is 2.70. The van der Waals surface area contributed by atoms with E-state index in [-0.39, 0.29) is 0 Å². The number of aromatic amines is 1. The van der Waals surface area contributed by atoms with Crippen molar-refractivity contribution in [2.45, 2.75) is 26.2 Å². The lowest BCUT2D eigenvalue weighted by Crippen LogP contribution is -1.86. The standard InChI is InChI=1S/C9H13ClN2/c1-2-3-4-9-11-7-8(12-9)5-6-10/h5-7H,2-4H2,1H3,(H,11,12). The van der Waals surface area contributed by atoms with E-state index in [4.69, 9.17) is 11.6 Å². The molecule has 1 aromatic rings. The topological polar surface area (TPSA) is 28.7 Å². The van der Waals surface area contributed by atoms with Gasteiger partial charge in [0.15, 0.2) is 0 Å². The molecule has 3 heteroatoms. The molecule has 0 aromatic carbocycles. The Bertz CT molecular complexity index is 253. The lowest BCUT2D eigenvalue weighted by atomic mass is 10.2. The summed E-state index contributed by atoms with van der Waals surface area (Å²) < 4.78 is 0. The molecule has 0 atom stereocenters. The molecule has 1 rings (SSSR count). The monoisotopic (exact) mass is 184 g/mol. The minimum atomic E-state index is 0.969. The Kier molecular flexibility index (Phi) is 3.88. The second-order valence-electron chi connectivity index (χ2n) is 2.68. The first kappa shape index (κ1) is 9.33. The third-order valence-corrected chi connectivity index (χ3v) is 1.78. The first-order valence-corrected chi connectivity index (χ1v) is 4.61. The van der Waals surface area contributed by atoms with Gasteiger partial charge in [0.1, 0.15) is 5.82 Å². The van der Waals surface area contributed by atoms with Crippen molar-refractivity contribution < 1.29 is 0 Å². The Morgan fingerprint density at radius 3 is 3.17 bits per heavy atom. The van der Waals surface area contributed by atoms with Crippen LogP contribution in [-0.4, -0.2) is 9.97 Å². The zero-order chi connectivity index (χ0) is 8.81. The number of unbranched alkanes of at least 4 members (excludes halogenated alkanes) is 1. The second kappa shape index (κ2) is 4.99. The third-order valence-electron chi connectivity index (χ3n) is 1.66. The number of rotatable bonds is 4. The number of imidazole rings is 1. The summed E-state index contributed by atoms with van der Waals surface area (Å²) in [7, 11) is 0. The number of halogens is 1. The quantitative estimate of drug-likeness (QED) is 0.766. The molecule has 0 aliphatic heterocycles. The first-order chi connectivity index (χ1) is 5.86. The van der Waals surface area contributed by atoms with Crippen molar-refractivity contribution in [1.29, 1.82) is 0 Å². The zero-order valence-corrected chi connectivity index (χ0v) is 7.93. The predicted octanol–water partition coefficient (Wildman–Crippen LogP) is 2.96. The summed E-state index contributed by atoms with van der Waals surface area (Å²) in [6.07, 6.45) is 6.99. The summed E-state index contributed by atoms with van der Waals surface area (Å²) in [6.45, 7) is 2.17. The van der Waals surface area contributed by atoms with Crippen LogP contribution < -0.4 is 0 Å². The van der Waals surface area contributed by atoms with E-state index in [2.05, 4.69) is 16.9 Å². The summed E-state index contributed by atoms with van der Waals surface area (Å²) in [4.78, 5) is 7.37. The normalized spacial score (nSPS) is 11.2. The fourth-order valence-corrected chi connectivity index (χ4v) is 1.14. The van der Waals surface area contributed by atoms with E-state index in [1.54, 1.807) is 12.3 Å². The van der Waals surface area contributed by atoms with Crippen molar-refractivity contribution in [1.82, 2.24) is 9.97 Å². The molecule has 0 amide bonds. The number of nitrogens with zero attached hydrogens (tertiary/aromatic N) is 1. The van der Waals surface area contributed by atoms with Gasteiger partial charge < -0.3 is 4.98 Å². The minimum Gasteiger partial charge on any atom is -0.342 e. The van der Waals surface area contributed by atoms with Crippen LogP contribution >= 0.6 is 11.6 Å². The van der Waals surface area contributed by atoms with Crippen molar-refractivity contribution in [3.63, 3.8) is 0 Å². The summed E-state index contributed by atoms with van der Waals surface area (Å²) in [5.41, 5.74) is 2.45. The Hall–Kier alpha value is -0.760. The maximum Gasteiger partial charge on any atom is 0.106 e. The van der Waals surface area contributed by atoms with Crippen molar-refractivity contribution in [2.75, 3.05) is 0 Å². The largest absolute Gasteiger partial charge is 0.342 e. The van der Waals surface area contributed by atoms with Crippen LogP contribution in [0.15, 0.2) is 11.7 Å². The van der Waals surface area contributed by atoms with Crippen LogP contribution in [-0.2, 0) is 6.42 Å². The van der Waals surface area contributed by atoms with Crippen LogP contribution in [0.1, 0.15) is 31.3 Å². The lowest BCUT2D eigenvalue weighted by Gasteiger charge is -1.91. The van der Waals surface area contributed by atoms with E-state index < -0.39 is 0 Å². The summed E-state index contributed by atoms with van der Waals surface area (Å²) in [5, 5.41) is 0. The predicted molar refractivity (Wildman–Crippen MR) is 52.1 cm³/mol. The highest BCUT2D eigenvalue weighted by Gasteiger charge is 1.96. The number of H-pyrrole nitrogens is 1. The molecule has 1 N–H and O–H groups in total. The van der Waals surface area contributed by atoms with Crippen LogP contribution in [0.3, 0.4) is 0 Å². The van der Waals surface area contributed by atoms with Crippen molar-refractivity contribution in [2.24, 2.45) is 0 Å². The average Bonchev–Trinajstić information content (AvgIpc) is 2.50. The first-order valence-electron chi connectivity index (χ1n) is 4.17. The van der Waals surface area contributed by atoms with Gasteiger partial charge in [-0.15, -0.1) is 0 Å². The average molecular weight is 185 g/mol. The second-order valence-corrected chi connectivity index (χ2v) is 2.93. The SMILES string of the molecule is CCCCc1ncc(C=CCl)[nH]1. The van der Waals surface area contributed by atoms with Gasteiger partial charge in [0.2, 0.25) is 0 Å². The van der Waals surface area contributed by atoms with E-state index in [1.807, 2.05) is 0 Å². The molecule has 0 saturated carbocycles. The van der Waals surface area contributed by atoms with E-state index in [0.29, 0.717) is 0 Å².